The minimum absolute atomic E-state index is 0.0155. The van der Waals surface area contributed by atoms with E-state index < -0.39 is 0 Å². The standard InChI is InChI=1S/C19H23N3O2/c1-21(13-8-4-3-5-9-13)19(23)17-15-12-24-16-11-7-6-10-14(16)18(15)22(2)20-17/h6-7,10-11,13H,3-5,8-9,12H2,1-2H3. The molecule has 0 spiro atoms. The van der Waals surface area contributed by atoms with Crippen molar-refractivity contribution in [2.75, 3.05) is 7.05 Å². The molecular weight excluding hydrogens is 302 g/mol. The first-order valence-electron chi connectivity index (χ1n) is 8.72. The van der Waals surface area contributed by atoms with Crippen molar-refractivity contribution in [2.24, 2.45) is 7.05 Å². The molecule has 0 radical (unpaired) electrons. The molecule has 1 saturated carbocycles. The maximum Gasteiger partial charge on any atom is 0.274 e. The topological polar surface area (TPSA) is 47.4 Å². The molecule has 1 aromatic heterocycles. The molecule has 126 valence electrons. The molecule has 2 aromatic rings. The average molecular weight is 325 g/mol. The number of rotatable bonds is 2. The number of amides is 1. The number of nitrogens with zero attached hydrogens (tertiary/aromatic N) is 3. The fourth-order valence-corrected chi connectivity index (χ4v) is 3.95. The number of carbonyl (C=O) groups is 1. The van der Waals surface area contributed by atoms with Crippen LogP contribution < -0.4 is 4.74 Å². The first-order chi connectivity index (χ1) is 11.7. The molecule has 4 rings (SSSR count). The van der Waals surface area contributed by atoms with Crippen molar-refractivity contribution in [3.8, 4) is 17.0 Å². The zero-order valence-electron chi connectivity index (χ0n) is 14.3. The summed E-state index contributed by atoms with van der Waals surface area (Å²) in [5.74, 6) is 0.870. The van der Waals surface area contributed by atoms with Crippen LogP contribution in [0.5, 0.6) is 5.75 Å². The van der Waals surface area contributed by atoms with Crippen LogP contribution in [0.25, 0.3) is 11.3 Å². The molecule has 0 atom stereocenters. The second kappa shape index (κ2) is 5.96. The third-order valence-corrected chi connectivity index (χ3v) is 5.30. The lowest BCUT2D eigenvalue weighted by Gasteiger charge is -2.31. The van der Waals surface area contributed by atoms with Crippen LogP contribution in [0.1, 0.15) is 48.2 Å². The molecule has 24 heavy (non-hydrogen) atoms. The Morgan fingerprint density at radius 3 is 2.79 bits per heavy atom. The third-order valence-electron chi connectivity index (χ3n) is 5.30. The molecular formula is C19H23N3O2. The third kappa shape index (κ3) is 2.39. The van der Waals surface area contributed by atoms with E-state index in [1.165, 1.54) is 19.3 Å². The van der Waals surface area contributed by atoms with E-state index in [9.17, 15) is 4.79 Å². The van der Waals surface area contributed by atoms with E-state index in [0.29, 0.717) is 18.3 Å². The van der Waals surface area contributed by atoms with Crippen LogP contribution in [-0.4, -0.2) is 33.7 Å². The Balaban J connectivity index is 1.70. The highest BCUT2D eigenvalue weighted by molar-refractivity contribution is 5.96. The Bertz CT molecular complexity index is 775. The van der Waals surface area contributed by atoms with Gasteiger partial charge >= 0.3 is 0 Å². The van der Waals surface area contributed by atoms with Gasteiger partial charge in [0.15, 0.2) is 5.69 Å². The van der Waals surface area contributed by atoms with Crippen molar-refractivity contribution in [3.05, 3.63) is 35.5 Å². The van der Waals surface area contributed by atoms with Crippen LogP contribution in [0.3, 0.4) is 0 Å². The first-order valence-corrected chi connectivity index (χ1v) is 8.72. The summed E-state index contributed by atoms with van der Waals surface area (Å²) in [7, 11) is 3.81. The van der Waals surface area contributed by atoms with Crippen molar-refractivity contribution in [3.63, 3.8) is 0 Å². The first kappa shape index (κ1) is 15.2. The molecule has 0 saturated heterocycles. The molecule has 1 aliphatic heterocycles. The zero-order valence-corrected chi connectivity index (χ0v) is 14.3. The quantitative estimate of drug-likeness (QED) is 0.850. The fraction of sp³-hybridized carbons (Fsp3) is 0.474. The van der Waals surface area contributed by atoms with Crippen LogP contribution in [0, 0.1) is 0 Å². The van der Waals surface area contributed by atoms with E-state index in [2.05, 4.69) is 5.10 Å². The van der Waals surface area contributed by atoms with Crippen molar-refractivity contribution in [2.45, 2.75) is 44.8 Å². The zero-order chi connectivity index (χ0) is 16.7. The van der Waals surface area contributed by atoms with Crippen molar-refractivity contribution in [1.29, 1.82) is 0 Å². The second-order valence-corrected chi connectivity index (χ2v) is 6.79. The number of hydrogen-bond donors (Lipinski definition) is 0. The predicted molar refractivity (Wildman–Crippen MR) is 91.9 cm³/mol. The van der Waals surface area contributed by atoms with Gasteiger partial charge in [-0.25, -0.2) is 0 Å². The lowest BCUT2D eigenvalue weighted by Crippen LogP contribution is -2.39. The molecule has 0 unspecified atom stereocenters. The number of ether oxygens (including phenoxy) is 1. The molecule has 1 aliphatic carbocycles. The summed E-state index contributed by atoms with van der Waals surface area (Å²) >= 11 is 0. The van der Waals surface area contributed by atoms with Gasteiger partial charge in [0.05, 0.1) is 5.69 Å². The van der Waals surface area contributed by atoms with Crippen LogP contribution in [-0.2, 0) is 13.7 Å². The summed E-state index contributed by atoms with van der Waals surface area (Å²) < 4.78 is 7.67. The number of fused-ring (bicyclic) bond motifs is 3. The Kier molecular flexibility index (Phi) is 3.79. The maximum absolute atomic E-state index is 13.0. The number of hydrogen-bond acceptors (Lipinski definition) is 3. The number of benzene rings is 1. The highest BCUT2D eigenvalue weighted by Gasteiger charge is 2.31. The average Bonchev–Trinajstić information content (AvgIpc) is 2.98. The summed E-state index contributed by atoms with van der Waals surface area (Å²) in [5, 5.41) is 4.55. The molecule has 2 aliphatic rings. The van der Waals surface area contributed by atoms with Crippen molar-refractivity contribution in [1.82, 2.24) is 14.7 Å². The Labute approximate surface area is 142 Å². The summed E-state index contributed by atoms with van der Waals surface area (Å²) in [6.07, 6.45) is 5.88. The van der Waals surface area contributed by atoms with Gasteiger partial charge < -0.3 is 9.64 Å². The lowest BCUT2D eigenvalue weighted by atomic mass is 9.94. The van der Waals surface area contributed by atoms with E-state index in [1.54, 1.807) is 0 Å². The summed E-state index contributed by atoms with van der Waals surface area (Å²) in [6.45, 7) is 0.403. The van der Waals surface area contributed by atoms with E-state index in [1.807, 2.05) is 47.9 Å². The van der Waals surface area contributed by atoms with Gasteiger partial charge in [0.2, 0.25) is 0 Å². The molecule has 1 amide bonds. The fourth-order valence-electron chi connectivity index (χ4n) is 3.95. The number of carbonyl (C=O) groups excluding carboxylic acids is 1. The summed E-state index contributed by atoms with van der Waals surface area (Å²) in [4.78, 5) is 14.9. The maximum atomic E-state index is 13.0. The smallest absolute Gasteiger partial charge is 0.274 e. The predicted octanol–water partition coefficient (Wildman–Crippen LogP) is 3.38. The van der Waals surface area contributed by atoms with Gasteiger partial charge in [-0.05, 0) is 25.0 Å². The minimum Gasteiger partial charge on any atom is -0.488 e. The summed E-state index contributed by atoms with van der Waals surface area (Å²) in [5.41, 5.74) is 3.45. The van der Waals surface area contributed by atoms with Gasteiger partial charge in [-0.3, -0.25) is 9.48 Å². The molecule has 5 nitrogen and oxygen atoms in total. The Morgan fingerprint density at radius 2 is 2.00 bits per heavy atom. The van der Waals surface area contributed by atoms with E-state index in [4.69, 9.17) is 4.74 Å². The van der Waals surface area contributed by atoms with E-state index >= 15 is 0 Å². The summed E-state index contributed by atoms with van der Waals surface area (Å²) in [6, 6.07) is 8.26. The molecule has 0 N–H and O–H groups in total. The molecule has 1 aromatic carbocycles. The second-order valence-electron chi connectivity index (χ2n) is 6.79. The largest absolute Gasteiger partial charge is 0.488 e. The van der Waals surface area contributed by atoms with Crippen LogP contribution in [0.4, 0.5) is 0 Å². The monoisotopic (exact) mass is 325 g/mol. The van der Waals surface area contributed by atoms with Gasteiger partial charge in [0.25, 0.3) is 5.91 Å². The van der Waals surface area contributed by atoms with Crippen LogP contribution >= 0.6 is 0 Å². The van der Waals surface area contributed by atoms with Crippen LogP contribution in [0.15, 0.2) is 24.3 Å². The van der Waals surface area contributed by atoms with E-state index in [0.717, 1.165) is 35.4 Å². The van der Waals surface area contributed by atoms with Gasteiger partial charge in [0.1, 0.15) is 12.4 Å². The highest BCUT2D eigenvalue weighted by Crippen LogP contribution is 2.38. The molecule has 1 fully saturated rings. The minimum atomic E-state index is 0.0155. The number of aromatic nitrogens is 2. The molecule has 0 bridgehead atoms. The Hall–Kier alpha value is -2.30. The molecule has 2 heterocycles. The SMILES string of the molecule is CN(C(=O)c1nn(C)c2c1COc1ccccc1-2)C1CCCCC1. The lowest BCUT2D eigenvalue weighted by molar-refractivity contribution is 0.0686. The molecule has 5 heteroatoms. The van der Waals surface area contributed by atoms with Gasteiger partial charge in [-0.1, -0.05) is 31.4 Å². The van der Waals surface area contributed by atoms with Crippen molar-refractivity contribution >= 4 is 5.91 Å². The van der Waals surface area contributed by atoms with Crippen molar-refractivity contribution < 1.29 is 9.53 Å². The number of aryl methyl sites for hydroxylation is 1. The number of para-hydroxylation sites is 1. The van der Waals surface area contributed by atoms with E-state index in [-0.39, 0.29) is 5.91 Å². The van der Waals surface area contributed by atoms with Gasteiger partial charge in [-0.2, -0.15) is 5.10 Å². The normalized spacial score (nSPS) is 16.9. The van der Waals surface area contributed by atoms with Gasteiger partial charge in [0, 0.05) is 31.3 Å². The van der Waals surface area contributed by atoms with Gasteiger partial charge in [-0.15, -0.1) is 0 Å². The Morgan fingerprint density at radius 1 is 1.25 bits per heavy atom. The highest BCUT2D eigenvalue weighted by atomic mass is 16.5. The van der Waals surface area contributed by atoms with Crippen LogP contribution in [0.2, 0.25) is 0 Å².